The molecular weight excluding hydrogens is 284 g/mol. The first kappa shape index (κ1) is 14.8. The third-order valence-electron chi connectivity index (χ3n) is 3.87. The van der Waals surface area contributed by atoms with Crippen LogP contribution in [0.15, 0.2) is 24.3 Å². The minimum Gasteiger partial charge on any atom is -0.482 e. The molecule has 22 heavy (non-hydrogen) atoms. The van der Waals surface area contributed by atoms with E-state index in [1.54, 1.807) is 17.0 Å². The largest absolute Gasteiger partial charge is 0.482 e. The maximum absolute atomic E-state index is 12.5. The van der Waals surface area contributed by atoms with Crippen LogP contribution in [0, 0.1) is 0 Å². The fourth-order valence-corrected chi connectivity index (χ4v) is 2.94. The molecule has 118 valence electrons. The third-order valence-corrected chi connectivity index (χ3v) is 3.87. The molecule has 0 spiro atoms. The minimum absolute atomic E-state index is 0.0142. The lowest BCUT2D eigenvalue weighted by Crippen LogP contribution is -2.52. The molecule has 0 bridgehead atoms. The Bertz CT molecular complexity index is 579. The number of benzene rings is 1. The second-order valence-corrected chi connectivity index (χ2v) is 5.79. The van der Waals surface area contributed by atoms with E-state index in [9.17, 15) is 9.59 Å². The molecule has 1 aromatic carbocycles. The number of ether oxygens (including phenoxy) is 2. The van der Waals surface area contributed by atoms with Crippen molar-refractivity contribution in [2.45, 2.75) is 26.1 Å². The van der Waals surface area contributed by atoms with E-state index in [4.69, 9.17) is 9.47 Å². The Hall–Kier alpha value is -2.08. The van der Waals surface area contributed by atoms with Gasteiger partial charge in [0.05, 0.1) is 17.9 Å². The maximum Gasteiger partial charge on any atom is 0.265 e. The number of carbonyl (C=O) groups is 2. The van der Waals surface area contributed by atoms with Gasteiger partial charge in [-0.05, 0) is 26.0 Å². The van der Waals surface area contributed by atoms with Gasteiger partial charge in [0.25, 0.3) is 5.91 Å². The molecule has 2 aliphatic heterocycles. The number of para-hydroxylation sites is 2. The van der Waals surface area contributed by atoms with Crippen LogP contribution >= 0.6 is 0 Å². The van der Waals surface area contributed by atoms with Crippen LogP contribution in [0.3, 0.4) is 0 Å². The van der Waals surface area contributed by atoms with E-state index in [1.807, 2.05) is 26.0 Å². The standard InChI is InChI=1S/C16H20N2O4/c1-11-7-17(8-12(2)22-11)15(19)9-18-13-5-3-4-6-14(13)21-10-16(18)20/h3-6,11-12H,7-10H2,1-2H3. The molecule has 1 fully saturated rings. The van der Waals surface area contributed by atoms with Crippen molar-refractivity contribution >= 4 is 17.5 Å². The van der Waals surface area contributed by atoms with Crippen LogP contribution in [0.2, 0.25) is 0 Å². The molecule has 0 aromatic heterocycles. The highest BCUT2D eigenvalue weighted by atomic mass is 16.5. The normalized spacial score (nSPS) is 24.7. The van der Waals surface area contributed by atoms with Crippen molar-refractivity contribution < 1.29 is 19.1 Å². The molecule has 2 atom stereocenters. The molecule has 2 aliphatic rings. The summed E-state index contributed by atoms with van der Waals surface area (Å²) in [5, 5.41) is 0. The molecule has 2 amide bonds. The molecule has 6 nitrogen and oxygen atoms in total. The molecule has 0 aliphatic carbocycles. The highest BCUT2D eigenvalue weighted by molar-refractivity contribution is 6.02. The monoisotopic (exact) mass is 304 g/mol. The summed E-state index contributed by atoms with van der Waals surface area (Å²) in [6.07, 6.45) is 0.0285. The number of nitrogens with zero attached hydrogens (tertiary/aromatic N) is 2. The van der Waals surface area contributed by atoms with Gasteiger partial charge in [0, 0.05) is 13.1 Å². The number of carbonyl (C=O) groups excluding carboxylic acids is 2. The lowest BCUT2D eigenvalue weighted by Gasteiger charge is -2.37. The SMILES string of the molecule is CC1CN(C(=O)CN2C(=O)COc3ccccc32)CC(C)O1. The van der Waals surface area contributed by atoms with Crippen molar-refractivity contribution in [2.75, 3.05) is 31.1 Å². The predicted molar refractivity (Wildman–Crippen MR) is 80.9 cm³/mol. The lowest BCUT2D eigenvalue weighted by molar-refractivity contribution is -0.142. The Balaban J connectivity index is 1.75. The van der Waals surface area contributed by atoms with Gasteiger partial charge < -0.3 is 14.4 Å². The van der Waals surface area contributed by atoms with Gasteiger partial charge in [0.15, 0.2) is 6.61 Å². The average molecular weight is 304 g/mol. The van der Waals surface area contributed by atoms with Gasteiger partial charge in [-0.2, -0.15) is 0 Å². The maximum atomic E-state index is 12.5. The topological polar surface area (TPSA) is 59.1 Å². The molecule has 2 heterocycles. The number of hydrogen-bond acceptors (Lipinski definition) is 4. The zero-order chi connectivity index (χ0) is 15.7. The van der Waals surface area contributed by atoms with E-state index in [2.05, 4.69) is 0 Å². The Labute approximate surface area is 129 Å². The van der Waals surface area contributed by atoms with E-state index >= 15 is 0 Å². The van der Waals surface area contributed by atoms with Gasteiger partial charge in [-0.3, -0.25) is 14.5 Å². The Morgan fingerprint density at radius 1 is 1.23 bits per heavy atom. The van der Waals surface area contributed by atoms with Gasteiger partial charge in [0.2, 0.25) is 5.91 Å². The highest BCUT2D eigenvalue weighted by Gasteiger charge is 2.31. The molecule has 3 rings (SSSR count). The number of hydrogen-bond donors (Lipinski definition) is 0. The first-order chi connectivity index (χ1) is 10.5. The summed E-state index contributed by atoms with van der Waals surface area (Å²) in [5.41, 5.74) is 0.654. The lowest BCUT2D eigenvalue weighted by atomic mass is 10.2. The van der Waals surface area contributed by atoms with Crippen molar-refractivity contribution in [3.05, 3.63) is 24.3 Å². The number of rotatable bonds is 2. The van der Waals surface area contributed by atoms with E-state index in [0.717, 1.165) is 0 Å². The summed E-state index contributed by atoms with van der Waals surface area (Å²) in [7, 11) is 0. The van der Waals surface area contributed by atoms with Crippen LogP contribution in [0.25, 0.3) is 0 Å². The van der Waals surface area contributed by atoms with Crippen LogP contribution in [-0.4, -0.2) is 55.2 Å². The fourth-order valence-electron chi connectivity index (χ4n) is 2.94. The molecule has 0 saturated carbocycles. The summed E-state index contributed by atoms with van der Waals surface area (Å²) in [6.45, 7) is 5.03. The fraction of sp³-hybridized carbons (Fsp3) is 0.500. The summed E-state index contributed by atoms with van der Waals surface area (Å²) >= 11 is 0. The summed E-state index contributed by atoms with van der Waals surface area (Å²) in [6, 6.07) is 7.28. The molecule has 0 N–H and O–H groups in total. The minimum atomic E-state index is -0.193. The van der Waals surface area contributed by atoms with Crippen LogP contribution in [0.5, 0.6) is 5.75 Å². The number of morpholine rings is 1. The van der Waals surface area contributed by atoms with Crippen molar-refractivity contribution in [3.63, 3.8) is 0 Å². The molecule has 1 saturated heterocycles. The number of anilines is 1. The summed E-state index contributed by atoms with van der Waals surface area (Å²) < 4.78 is 11.0. The van der Waals surface area contributed by atoms with E-state index in [0.29, 0.717) is 24.5 Å². The Kier molecular flexibility index (Phi) is 4.02. The van der Waals surface area contributed by atoms with E-state index in [1.165, 1.54) is 4.90 Å². The molecule has 6 heteroatoms. The van der Waals surface area contributed by atoms with Crippen LogP contribution in [-0.2, 0) is 14.3 Å². The average Bonchev–Trinajstić information content (AvgIpc) is 2.49. The van der Waals surface area contributed by atoms with Crippen molar-refractivity contribution in [3.8, 4) is 5.75 Å². The predicted octanol–water partition coefficient (Wildman–Crippen LogP) is 1.05. The van der Waals surface area contributed by atoms with Crippen LogP contribution < -0.4 is 9.64 Å². The molecular formula is C16H20N2O4. The van der Waals surface area contributed by atoms with Crippen LogP contribution in [0.1, 0.15) is 13.8 Å². The highest BCUT2D eigenvalue weighted by Crippen LogP contribution is 2.31. The Morgan fingerprint density at radius 2 is 1.91 bits per heavy atom. The smallest absolute Gasteiger partial charge is 0.265 e. The second kappa shape index (κ2) is 5.96. The number of amides is 2. The van der Waals surface area contributed by atoms with Gasteiger partial charge >= 0.3 is 0 Å². The van der Waals surface area contributed by atoms with Crippen molar-refractivity contribution in [1.29, 1.82) is 0 Å². The third kappa shape index (κ3) is 2.92. The van der Waals surface area contributed by atoms with Crippen molar-refractivity contribution in [2.24, 2.45) is 0 Å². The quantitative estimate of drug-likeness (QED) is 0.819. The second-order valence-electron chi connectivity index (χ2n) is 5.79. The number of fused-ring (bicyclic) bond motifs is 1. The first-order valence-corrected chi connectivity index (χ1v) is 7.50. The van der Waals surface area contributed by atoms with E-state index < -0.39 is 0 Å². The van der Waals surface area contributed by atoms with Gasteiger partial charge in [0.1, 0.15) is 12.3 Å². The van der Waals surface area contributed by atoms with Gasteiger partial charge in [-0.15, -0.1) is 0 Å². The molecule has 1 aromatic rings. The first-order valence-electron chi connectivity index (χ1n) is 7.50. The van der Waals surface area contributed by atoms with Gasteiger partial charge in [-0.1, -0.05) is 12.1 Å². The summed E-state index contributed by atoms with van der Waals surface area (Å²) in [5.74, 6) is 0.382. The zero-order valence-corrected chi connectivity index (χ0v) is 12.8. The molecule has 0 radical (unpaired) electrons. The van der Waals surface area contributed by atoms with Crippen LogP contribution in [0.4, 0.5) is 5.69 Å². The molecule has 2 unspecified atom stereocenters. The van der Waals surface area contributed by atoms with E-state index in [-0.39, 0.29) is 37.2 Å². The summed E-state index contributed by atoms with van der Waals surface area (Å²) in [4.78, 5) is 27.9. The van der Waals surface area contributed by atoms with Crippen molar-refractivity contribution in [1.82, 2.24) is 4.90 Å². The van der Waals surface area contributed by atoms with Gasteiger partial charge in [-0.25, -0.2) is 0 Å². The zero-order valence-electron chi connectivity index (χ0n) is 12.8. The Morgan fingerprint density at radius 3 is 2.64 bits per heavy atom.